The van der Waals surface area contributed by atoms with Gasteiger partial charge < -0.3 is 14.7 Å². The maximum Gasteiger partial charge on any atom is 0.416 e. The van der Waals surface area contributed by atoms with E-state index < -0.39 is 22.9 Å². The number of β-amino-alcohol motifs (C(OH)–C–C–N with tert-alkyl or cyclic N) is 1. The van der Waals surface area contributed by atoms with E-state index in [1.54, 1.807) is 19.9 Å². The quantitative estimate of drug-likeness (QED) is 0.462. The number of benzene rings is 2. The Bertz CT molecular complexity index is 1310. The highest BCUT2D eigenvalue weighted by atomic mass is 19.4. The number of hydrogen-bond acceptors (Lipinski definition) is 4. The summed E-state index contributed by atoms with van der Waals surface area (Å²) in [5.74, 6) is 0.0981. The second-order valence-corrected chi connectivity index (χ2v) is 12.8. The van der Waals surface area contributed by atoms with Crippen LogP contribution in [0.25, 0.3) is 0 Å². The van der Waals surface area contributed by atoms with Gasteiger partial charge in [-0.15, -0.1) is 0 Å². The van der Waals surface area contributed by atoms with Gasteiger partial charge >= 0.3 is 6.18 Å². The van der Waals surface area contributed by atoms with Crippen LogP contribution in [0.5, 0.6) is 0 Å². The molecule has 0 bridgehead atoms. The maximum absolute atomic E-state index is 14.1. The molecular formula is C32H38F4N2O3. The molecule has 2 saturated heterocycles. The summed E-state index contributed by atoms with van der Waals surface area (Å²) in [6.07, 6.45) is 0.604. The standard InChI is InChI=1S/C32H38F4N2O3/c1-20-15-22(3-8-28(20)33)21-10-13-37(14-11-21)26-9-12-31(41-18-26,24-4-5-24)29(39)38-17-23-16-25(32(34,35)36)6-7-27(23)30(2,40)19-38/h3,6-8,15-16,21,24,26,40H,4-5,9-14,17-19H2,1-2H3/t26?,30-,31?/m1/s1. The number of ether oxygens (including phenoxy) is 1. The minimum Gasteiger partial charge on any atom is -0.384 e. The fourth-order valence-corrected chi connectivity index (χ4v) is 7.36. The third kappa shape index (κ3) is 5.41. The van der Waals surface area contributed by atoms with Gasteiger partial charge in [-0.1, -0.05) is 18.2 Å². The zero-order chi connectivity index (χ0) is 29.2. The van der Waals surface area contributed by atoms with Crippen molar-refractivity contribution in [2.75, 3.05) is 26.2 Å². The molecule has 1 aliphatic carbocycles. The van der Waals surface area contributed by atoms with E-state index in [0.717, 1.165) is 57.3 Å². The van der Waals surface area contributed by atoms with E-state index in [-0.39, 0.29) is 36.8 Å². The molecular weight excluding hydrogens is 536 g/mol. The summed E-state index contributed by atoms with van der Waals surface area (Å²) in [5, 5.41) is 11.2. The predicted molar refractivity (Wildman–Crippen MR) is 146 cm³/mol. The number of amides is 1. The molecule has 4 aliphatic rings. The first-order chi connectivity index (χ1) is 19.4. The smallest absolute Gasteiger partial charge is 0.384 e. The lowest BCUT2D eigenvalue weighted by atomic mass is 9.81. The molecule has 3 atom stereocenters. The first kappa shape index (κ1) is 28.6. The number of carbonyl (C=O) groups is 1. The molecule has 222 valence electrons. The predicted octanol–water partition coefficient (Wildman–Crippen LogP) is 5.91. The molecule has 2 aromatic carbocycles. The van der Waals surface area contributed by atoms with E-state index in [1.165, 1.54) is 16.5 Å². The van der Waals surface area contributed by atoms with E-state index in [1.807, 2.05) is 12.1 Å². The molecule has 3 fully saturated rings. The molecule has 2 unspecified atom stereocenters. The number of fused-ring (bicyclic) bond motifs is 1. The molecule has 6 rings (SSSR count). The van der Waals surface area contributed by atoms with Gasteiger partial charge in [-0.2, -0.15) is 13.2 Å². The van der Waals surface area contributed by atoms with Crippen LogP contribution < -0.4 is 0 Å². The largest absolute Gasteiger partial charge is 0.416 e. The Balaban J connectivity index is 1.13. The SMILES string of the molecule is Cc1cc(C2CCN(C3CCC(C(=O)N4Cc5cc(C(F)(F)F)ccc5[C@](C)(O)C4)(C4CC4)OC3)CC2)ccc1F. The molecule has 1 saturated carbocycles. The molecule has 2 aromatic rings. The first-order valence-corrected chi connectivity index (χ1v) is 14.7. The Kier molecular flexibility index (Phi) is 7.22. The Morgan fingerprint density at radius 3 is 2.39 bits per heavy atom. The number of hydrogen-bond donors (Lipinski definition) is 1. The van der Waals surface area contributed by atoms with Crippen LogP contribution in [0.15, 0.2) is 36.4 Å². The van der Waals surface area contributed by atoms with Gasteiger partial charge in [0.15, 0.2) is 0 Å². The summed E-state index contributed by atoms with van der Waals surface area (Å²) in [4.78, 5) is 18.0. The second kappa shape index (κ2) is 10.3. The summed E-state index contributed by atoms with van der Waals surface area (Å²) in [7, 11) is 0. The summed E-state index contributed by atoms with van der Waals surface area (Å²) < 4.78 is 60.5. The van der Waals surface area contributed by atoms with Crippen molar-refractivity contribution < 1.29 is 32.2 Å². The molecule has 5 nitrogen and oxygen atoms in total. The third-order valence-electron chi connectivity index (χ3n) is 9.84. The molecule has 41 heavy (non-hydrogen) atoms. The van der Waals surface area contributed by atoms with Crippen LogP contribution in [0.3, 0.4) is 0 Å². The van der Waals surface area contributed by atoms with Crippen molar-refractivity contribution in [3.05, 3.63) is 70.0 Å². The van der Waals surface area contributed by atoms with Crippen molar-refractivity contribution in [1.29, 1.82) is 0 Å². The van der Waals surface area contributed by atoms with Gasteiger partial charge in [-0.3, -0.25) is 9.69 Å². The lowest BCUT2D eigenvalue weighted by Gasteiger charge is -2.48. The zero-order valence-corrected chi connectivity index (χ0v) is 23.6. The summed E-state index contributed by atoms with van der Waals surface area (Å²) in [6.45, 7) is 5.64. The monoisotopic (exact) mass is 574 g/mol. The van der Waals surface area contributed by atoms with Crippen LogP contribution in [0.1, 0.15) is 79.2 Å². The number of likely N-dealkylation sites (tertiary alicyclic amines) is 1. The lowest BCUT2D eigenvalue weighted by molar-refractivity contribution is -0.180. The zero-order valence-electron chi connectivity index (χ0n) is 23.6. The molecule has 1 N–H and O–H groups in total. The Hall–Kier alpha value is -2.49. The third-order valence-corrected chi connectivity index (χ3v) is 9.84. The van der Waals surface area contributed by atoms with E-state index in [0.29, 0.717) is 35.6 Å². The van der Waals surface area contributed by atoms with Crippen molar-refractivity contribution in [3.63, 3.8) is 0 Å². The molecule has 9 heteroatoms. The van der Waals surface area contributed by atoms with Gasteiger partial charge in [0, 0.05) is 12.6 Å². The normalized spacial score (nSPS) is 29.8. The Labute approximate surface area is 238 Å². The molecule has 0 aromatic heterocycles. The van der Waals surface area contributed by atoms with Crippen LogP contribution >= 0.6 is 0 Å². The van der Waals surface area contributed by atoms with Gasteiger partial charge in [-0.25, -0.2) is 4.39 Å². The number of nitrogens with zero attached hydrogens (tertiary/aromatic N) is 2. The van der Waals surface area contributed by atoms with Crippen LogP contribution in [0.2, 0.25) is 0 Å². The topological polar surface area (TPSA) is 53.0 Å². The van der Waals surface area contributed by atoms with Crippen LogP contribution in [0, 0.1) is 18.7 Å². The molecule has 3 aliphatic heterocycles. The van der Waals surface area contributed by atoms with Crippen LogP contribution in [-0.4, -0.2) is 58.7 Å². The minimum atomic E-state index is -4.50. The van der Waals surface area contributed by atoms with Gasteiger partial charge in [-0.05, 0) is 118 Å². The van der Waals surface area contributed by atoms with E-state index in [9.17, 15) is 27.5 Å². The molecule has 3 heterocycles. The molecule has 0 radical (unpaired) electrons. The maximum atomic E-state index is 14.1. The van der Waals surface area contributed by atoms with Crippen LogP contribution in [-0.2, 0) is 27.9 Å². The Morgan fingerprint density at radius 2 is 1.78 bits per heavy atom. The number of rotatable bonds is 4. The highest BCUT2D eigenvalue weighted by Crippen LogP contribution is 2.49. The summed E-state index contributed by atoms with van der Waals surface area (Å²) in [5.41, 5.74) is -0.622. The molecule has 0 spiro atoms. The fourth-order valence-electron chi connectivity index (χ4n) is 7.36. The number of aryl methyl sites for hydroxylation is 1. The van der Waals surface area contributed by atoms with E-state index in [4.69, 9.17) is 4.74 Å². The molecule has 1 amide bonds. The average Bonchev–Trinajstić information content (AvgIpc) is 3.79. The van der Waals surface area contributed by atoms with Gasteiger partial charge in [0.25, 0.3) is 5.91 Å². The number of halogens is 4. The van der Waals surface area contributed by atoms with Gasteiger partial charge in [0.2, 0.25) is 0 Å². The average molecular weight is 575 g/mol. The number of piperidine rings is 1. The van der Waals surface area contributed by atoms with E-state index in [2.05, 4.69) is 4.90 Å². The highest BCUT2D eigenvalue weighted by Gasteiger charge is 2.56. The summed E-state index contributed by atoms with van der Waals surface area (Å²) in [6, 6.07) is 8.98. The second-order valence-electron chi connectivity index (χ2n) is 12.8. The van der Waals surface area contributed by atoms with E-state index >= 15 is 0 Å². The summed E-state index contributed by atoms with van der Waals surface area (Å²) >= 11 is 0. The van der Waals surface area contributed by atoms with Crippen LogP contribution in [0.4, 0.5) is 17.6 Å². The fraction of sp³-hybridized carbons (Fsp3) is 0.594. The number of aliphatic hydroxyl groups is 1. The van der Waals surface area contributed by atoms with Gasteiger partial charge in [0.05, 0.1) is 18.7 Å². The lowest BCUT2D eigenvalue weighted by Crippen LogP contribution is -2.60. The first-order valence-electron chi connectivity index (χ1n) is 14.7. The van der Waals surface area contributed by atoms with Crippen molar-refractivity contribution in [1.82, 2.24) is 9.80 Å². The van der Waals surface area contributed by atoms with Crippen molar-refractivity contribution in [2.45, 2.75) is 88.3 Å². The minimum absolute atomic E-state index is 0.0157. The van der Waals surface area contributed by atoms with Crippen molar-refractivity contribution in [2.24, 2.45) is 5.92 Å². The highest BCUT2D eigenvalue weighted by molar-refractivity contribution is 5.86. The Morgan fingerprint density at radius 1 is 1.05 bits per heavy atom. The van der Waals surface area contributed by atoms with Crippen molar-refractivity contribution >= 4 is 5.91 Å². The van der Waals surface area contributed by atoms with Crippen molar-refractivity contribution in [3.8, 4) is 0 Å². The number of carbonyl (C=O) groups excluding carboxylic acids is 1. The number of alkyl halides is 3. The van der Waals surface area contributed by atoms with Gasteiger partial charge in [0.1, 0.15) is 17.0 Å².